The summed E-state index contributed by atoms with van der Waals surface area (Å²) in [4.78, 5) is 0. The normalized spacial score (nSPS) is 12.4. The summed E-state index contributed by atoms with van der Waals surface area (Å²) in [7, 11) is 0. The molecule has 0 radical (unpaired) electrons. The van der Waals surface area contributed by atoms with E-state index in [1.54, 1.807) is 49.4 Å². The quantitative estimate of drug-likeness (QED) is 0.480. The summed E-state index contributed by atoms with van der Waals surface area (Å²) in [6.45, 7) is 3.70. The number of aliphatic hydroxyl groups excluding tert-OH is 1. The minimum absolute atomic E-state index is 0.163. The molecule has 3 rings (SSSR count). The fourth-order valence-electron chi connectivity index (χ4n) is 3.36. The van der Waals surface area contributed by atoms with Gasteiger partial charge in [-0.2, -0.15) is 0 Å². The van der Waals surface area contributed by atoms with Gasteiger partial charge in [0.05, 0.1) is 11.7 Å². The molecule has 0 spiro atoms. The van der Waals surface area contributed by atoms with Gasteiger partial charge in [0.25, 0.3) is 6.43 Å². The Hall–Kier alpha value is -2.59. The number of hydrogen-bond donors (Lipinski definition) is 1. The highest BCUT2D eigenvalue weighted by molar-refractivity contribution is 5.75. The topological polar surface area (TPSA) is 20.2 Å². The number of aryl methyl sites for hydroxylation is 1. The van der Waals surface area contributed by atoms with Gasteiger partial charge in [-0.1, -0.05) is 74.0 Å². The molecule has 0 aliphatic rings. The summed E-state index contributed by atoms with van der Waals surface area (Å²) in [5.41, 5.74) is 2.61. The lowest BCUT2D eigenvalue weighted by molar-refractivity contribution is 0.147. The Balaban J connectivity index is 2.05. The predicted molar refractivity (Wildman–Crippen MR) is 107 cm³/mol. The summed E-state index contributed by atoms with van der Waals surface area (Å²) >= 11 is 0. The van der Waals surface area contributed by atoms with Crippen molar-refractivity contribution in [2.45, 2.75) is 39.2 Å². The van der Waals surface area contributed by atoms with Crippen LogP contribution in [0.5, 0.6) is 0 Å². The van der Waals surface area contributed by atoms with Gasteiger partial charge in [-0.3, -0.25) is 0 Å². The van der Waals surface area contributed by atoms with Crippen LogP contribution in [0.25, 0.3) is 22.3 Å². The van der Waals surface area contributed by atoms with Crippen molar-refractivity contribution < 1.29 is 18.3 Å². The third kappa shape index (κ3) is 4.12. The number of hydrogen-bond acceptors (Lipinski definition) is 1. The maximum absolute atomic E-state index is 15.1. The minimum atomic E-state index is -2.94. The van der Waals surface area contributed by atoms with E-state index in [0.29, 0.717) is 16.7 Å². The summed E-state index contributed by atoms with van der Waals surface area (Å²) in [5.74, 6) is -0.893. The SMILES string of the molecule is CCCc1ccc(-c2ccc(-c3ccc(C(C)O)cc3)c(C(F)F)c2F)cc1. The third-order valence-corrected chi connectivity index (χ3v) is 4.91. The maximum atomic E-state index is 15.1. The molecular formula is C24H23F3O. The van der Waals surface area contributed by atoms with E-state index in [-0.39, 0.29) is 11.1 Å². The van der Waals surface area contributed by atoms with Crippen LogP contribution in [-0.2, 0) is 6.42 Å². The molecule has 3 aromatic carbocycles. The van der Waals surface area contributed by atoms with Crippen molar-refractivity contribution in [1.29, 1.82) is 0 Å². The Bertz CT molecular complexity index is 929. The van der Waals surface area contributed by atoms with E-state index >= 15 is 4.39 Å². The van der Waals surface area contributed by atoms with E-state index in [2.05, 4.69) is 6.92 Å². The van der Waals surface area contributed by atoms with Gasteiger partial charge in [0.15, 0.2) is 0 Å². The van der Waals surface area contributed by atoms with Gasteiger partial charge < -0.3 is 5.11 Å². The number of rotatable bonds is 6. The van der Waals surface area contributed by atoms with Crippen molar-refractivity contribution in [2.75, 3.05) is 0 Å². The highest BCUT2D eigenvalue weighted by Crippen LogP contribution is 2.38. The van der Waals surface area contributed by atoms with Crippen molar-refractivity contribution >= 4 is 0 Å². The van der Waals surface area contributed by atoms with Crippen molar-refractivity contribution in [3.8, 4) is 22.3 Å². The van der Waals surface area contributed by atoms with E-state index < -0.39 is 23.9 Å². The lowest BCUT2D eigenvalue weighted by Gasteiger charge is -2.15. The Morgan fingerprint density at radius 2 is 1.36 bits per heavy atom. The van der Waals surface area contributed by atoms with Gasteiger partial charge in [0, 0.05) is 5.56 Å². The molecule has 0 aliphatic heterocycles. The number of halogens is 3. The highest BCUT2D eigenvalue weighted by atomic mass is 19.3. The van der Waals surface area contributed by atoms with E-state index in [1.807, 2.05) is 12.1 Å². The first-order chi connectivity index (χ1) is 13.4. The van der Waals surface area contributed by atoms with Crippen LogP contribution >= 0.6 is 0 Å². The summed E-state index contributed by atoms with van der Waals surface area (Å²) < 4.78 is 42.6. The van der Waals surface area contributed by atoms with E-state index in [1.165, 1.54) is 6.07 Å². The second-order valence-corrected chi connectivity index (χ2v) is 6.93. The molecule has 4 heteroatoms. The molecule has 0 bridgehead atoms. The summed E-state index contributed by atoms with van der Waals surface area (Å²) in [6.07, 6.45) is -1.66. The third-order valence-electron chi connectivity index (χ3n) is 4.91. The molecular weight excluding hydrogens is 361 g/mol. The predicted octanol–water partition coefficient (Wildman–Crippen LogP) is 7.10. The van der Waals surface area contributed by atoms with Crippen LogP contribution in [0.1, 0.15) is 49.5 Å². The highest BCUT2D eigenvalue weighted by Gasteiger charge is 2.23. The summed E-state index contributed by atoms with van der Waals surface area (Å²) in [5, 5.41) is 9.61. The Kier molecular flexibility index (Phi) is 6.20. The molecule has 0 heterocycles. The minimum Gasteiger partial charge on any atom is -0.389 e. The smallest absolute Gasteiger partial charge is 0.267 e. The molecule has 1 atom stereocenters. The molecule has 1 unspecified atom stereocenters. The van der Waals surface area contributed by atoms with Gasteiger partial charge in [0.2, 0.25) is 0 Å². The van der Waals surface area contributed by atoms with Crippen LogP contribution in [0.2, 0.25) is 0 Å². The van der Waals surface area contributed by atoms with Gasteiger partial charge in [-0.25, -0.2) is 13.2 Å². The van der Waals surface area contributed by atoms with Crippen LogP contribution < -0.4 is 0 Å². The summed E-state index contributed by atoms with van der Waals surface area (Å²) in [6, 6.07) is 17.0. The molecule has 0 saturated carbocycles. The van der Waals surface area contributed by atoms with E-state index in [4.69, 9.17) is 0 Å². The number of aliphatic hydroxyl groups is 1. The first kappa shape index (κ1) is 20.2. The zero-order chi connectivity index (χ0) is 20.3. The first-order valence-electron chi connectivity index (χ1n) is 9.40. The molecule has 0 amide bonds. The van der Waals surface area contributed by atoms with Crippen LogP contribution in [0, 0.1) is 5.82 Å². The molecule has 0 aliphatic carbocycles. The fourth-order valence-corrected chi connectivity index (χ4v) is 3.36. The van der Waals surface area contributed by atoms with Crippen molar-refractivity contribution in [3.05, 3.63) is 83.2 Å². The second-order valence-electron chi connectivity index (χ2n) is 6.93. The molecule has 0 aromatic heterocycles. The van der Waals surface area contributed by atoms with Crippen molar-refractivity contribution in [1.82, 2.24) is 0 Å². The van der Waals surface area contributed by atoms with Gasteiger partial charge in [0.1, 0.15) is 5.82 Å². The lowest BCUT2D eigenvalue weighted by Crippen LogP contribution is -1.99. The van der Waals surface area contributed by atoms with Crippen LogP contribution in [0.15, 0.2) is 60.7 Å². The molecule has 1 nitrogen and oxygen atoms in total. The van der Waals surface area contributed by atoms with E-state index in [0.717, 1.165) is 18.4 Å². The van der Waals surface area contributed by atoms with Crippen LogP contribution in [0.4, 0.5) is 13.2 Å². The molecule has 28 heavy (non-hydrogen) atoms. The Morgan fingerprint density at radius 3 is 1.89 bits per heavy atom. The van der Waals surface area contributed by atoms with E-state index in [9.17, 15) is 13.9 Å². The molecule has 0 fully saturated rings. The zero-order valence-corrected chi connectivity index (χ0v) is 15.9. The Labute approximate surface area is 163 Å². The second kappa shape index (κ2) is 8.61. The van der Waals surface area contributed by atoms with Gasteiger partial charge >= 0.3 is 0 Å². The van der Waals surface area contributed by atoms with Crippen molar-refractivity contribution in [2.24, 2.45) is 0 Å². The van der Waals surface area contributed by atoms with Gasteiger partial charge in [-0.05, 0) is 41.2 Å². The van der Waals surface area contributed by atoms with Gasteiger partial charge in [-0.15, -0.1) is 0 Å². The lowest BCUT2D eigenvalue weighted by atomic mass is 9.93. The standard InChI is InChI=1S/C24H23F3O/c1-3-4-16-5-7-19(8-6-16)21-14-13-20(22(23(21)25)24(26)27)18-11-9-17(10-12-18)15(2)28/h5-15,24,28H,3-4H2,1-2H3. The molecule has 3 aromatic rings. The first-order valence-corrected chi connectivity index (χ1v) is 9.40. The van der Waals surface area contributed by atoms with Crippen LogP contribution in [0.3, 0.4) is 0 Å². The molecule has 0 saturated heterocycles. The van der Waals surface area contributed by atoms with Crippen molar-refractivity contribution in [3.63, 3.8) is 0 Å². The fraction of sp³-hybridized carbons (Fsp3) is 0.250. The maximum Gasteiger partial charge on any atom is 0.267 e. The average Bonchev–Trinajstić information content (AvgIpc) is 2.68. The average molecular weight is 384 g/mol. The largest absolute Gasteiger partial charge is 0.389 e. The number of benzene rings is 3. The monoisotopic (exact) mass is 384 g/mol. The van der Waals surface area contributed by atoms with Crippen LogP contribution in [-0.4, -0.2) is 5.11 Å². The zero-order valence-electron chi connectivity index (χ0n) is 15.9. The Morgan fingerprint density at radius 1 is 0.821 bits per heavy atom. The number of alkyl halides is 2. The molecule has 1 N–H and O–H groups in total. The molecule has 146 valence electrons.